The van der Waals surface area contributed by atoms with E-state index in [1.807, 2.05) is 0 Å². The highest BCUT2D eigenvalue weighted by Crippen LogP contribution is 2.28. The van der Waals surface area contributed by atoms with Gasteiger partial charge in [-0.3, -0.25) is 4.79 Å². The van der Waals surface area contributed by atoms with E-state index in [0.717, 1.165) is 6.07 Å². The molecule has 0 radical (unpaired) electrons. The molecule has 0 amide bonds. The van der Waals surface area contributed by atoms with Crippen molar-refractivity contribution in [2.45, 2.75) is 0 Å². The Hall–Kier alpha value is 0.0700. The molecule has 0 heterocycles. The van der Waals surface area contributed by atoms with Crippen molar-refractivity contribution in [1.29, 1.82) is 0 Å². The molecule has 5 heteroatoms. The minimum absolute atomic E-state index is 0.128. The summed E-state index contributed by atoms with van der Waals surface area (Å²) in [5.74, 6) is -0.731. The van der Waals surface area contributed by atoms with E-state index in [0.29, 0.717) is 4.47 Å². The second kappa shape index (κ2) is 4.53. The van der Waals surface area contributed by atoms with Crippen LogP contribution in [0.4, 0.5) is 4.39 Å². The summed E-state index contributed by atoms with van der Waals surface area (Å²) in [5.41, 5.74) is 0.186. The standard InChI is InChI=1S/C8H4Br2ClFO/c9-3-7(13)5-1-4(12)2-6(10)8(5)11/h1-2H,3H2. The van der Waals surface area contributed by atoms with Gasteiger partial charge in [-0.2, -0.15) is 0 Å². The molecule has 0 aliphatic carbocycles. The number of ketones is 1. The molecule has 0 spiro atoms. The van der Waals surface area contributed by atoms with E-state index in [2.05, 4.69) is 31.9 Å². The molecule has 1 aromatic rings. The molecule has 0 aromatic heterocycles. The van der Waals surface area contributed by atoms with E-state index in [4.69, 9.17) is 11.6 Å². The first kappa shape index (κ1) is 11.1. The Morgan fingerprint density at radius 3 is 2.69 bits per heavy atom. The molecule has 0 saturated heterocycles. The lowest BCUT2D eigenvalue weighted by molar-refractivity contribution is 0.102. The molecular formula is C8H4Br2ClFO. The first-order valence-corrected chi connectivity index (χ1v) is 5.59. The van der Waals surface area contributed by atoms with Crippen LogP contribution in [-0.2, 0) is 0 Å². The van der Waals surface area contributed by atoms with Crippen molar-refractivity contribution in [1.82, 2.24) is 0 Å². The first-order valence-electron chi connectivity index (χ1n) is 3.30. The zero-order chi connectivity index (χ0) is 10.0. The Kier molecular flexibility index (Phi) is 3.88. The predicted octanol–water partition coefficient (Wildman–Crippen LogP) is 3.82. The van der Waals surface area contributed by atoms with Crippen molar-refractivity contribution >= 4 is 49.2 Å². The van der Waals surface area contributed by atoms with E-state index in [1.54, 1.807) is 0 Å². The van der Waals surface area contributed by atoms with Crippen molar-refractivity contribution in [3.8, 4) is 0 Å². The zero-order valence-electron chi connectivity index (χ0n) is 6.28. The fraction of sp³-hybridized carbons (Fsp3) is 0.125. The number of alkyl halides is 1. The number of hydrogen-bond donors (Lipinski definition) is 0. The maximum atomic E-state index is 12.8. The van der Waals surface area contributed by atoms with Gasteiger partial charge >= 0.3 is 0 Å². The lowest BCUT2D eigenvalue weighted by Crippen LogP contribution is -2.02. The SMILES string of the molecule is O=C(CBr)c1cc(F)cc(Br)c1Cl. The molecular weight excluding hydrogens is 326 g/mol. The molecule has 0 bridgehead atoms. The van der Waals surface area contributed by atoms with Gasteiger partial charge in [0.2, 0.25) is 0 Å². The number of benzene rings is 1. The van der Waals surface area contributed by atoms with E-state index in [1.165, 1.54) is 6.07 Å². The van der Waals surface area contributed by atoms with Crippen LogP contribution in [0, 0.1) is 5.82 Å². The zero-order valence-corrected chi connectivity index (χ0v) is 10.2. The normalized spacial score (nSPS) is 10.2. The van der Waals surface area contributed by atoms with Gasteiger partial charge in [-0.25, -0.2) is 4.39 Å². The van der Waals surface area contributed by atoms with Gasteiger partial charge in [0.15, 0.2) is 5.78 Å². The monoisotopic (exact) mass is 328 g/mol. The maximum absolute atomic E-state index is 12.8. The third-order valence-electron chi connectivity index (χ3n) is 1.41. The highest BCUT2D eigenvalue weighted by molar-refractivity contribution is 9.10. The fourth-order valence-corrected chi connectivity index (χ4v) is 1.78. The number of rotatable bonds is 2. The molecule has 0 saturated carbocycles. The third-order valence-corrected chi connectivity index (χ3v) is 3.18. The molecule has 13 heavy (non-hydrogen) atoms. The highest BCUT2D eigenvalue weighted by atomic mass is 79.9. The smallest absolute Gasteiger partial charge is 0.175 e. The third kappa shape index (κ3) is 2.51. The molecule has 1 aromatic carbocycles. The number of carbonyl (C=O) groups excluding carboxylic acids is 1. The Labute approximate surface area is 96.5 Å². The predicted molar refractivity (Wildman–Crippen MR) is 57.2 cm³/mol. The van der Waals surface area contributed by atoms with Gasteiger partial charge in [-0.05, 0) is 28.1 Å². The second-order valence-corrected chi connectivity index (χ2v) is 4.10. The quantitative estimate of drug-likeness (QED) is 0.458. The maximum Gasteiger partial charge on any atom is 0.175 e. The minimum atomic E-state index is -0.486. The van der Waals surface area contributed by atoms with Gasteiger partial charge in [0.1, 0.15) is 5.82 Å². The molecule has 0 fully saturated rings. The molecule has 70 valence electrons. The summed E-state index contributed by atoms with van der Waals surface area (Å²) in [6.07, 6.45) is 0. The lowest BCUT2D eigenvalue weighted by Gasteiger charge is -2.03. The Bertz CT molecular complexity index is 354. The van der Waals surface area contributed by atoms with Crippen LogP contribution < -0.4 is 0 Å². The summed E-state index contributed by atoms with van der Waals surface area (Å²) in [4.78, 5) is 11.2. The highest BCUT2D eigenvalue weighted by Gasteiger charge is 2.13. The molecule has 1 nitrogen and oxygen atoms in total. The molecule has 0 unspecified atom stereocenters. The second-order valence-electron chi connectivity index (χ2n) is 2.31. The number of carbonyl (C=O) groups is 1. The average Bonchev–Trinajstić information content (AvgIpc) is 2.10. The van der Waals surface area contributed by atoms with Crippen LogP contribution in [-0.4, -0.2) is 11.1 Å². The van der Waals surface area contributed by atoms with Crippen molar-refractivity contribution in [3.05, 3.63) is 33.0 Å². The summed E-state index contributed by atoms with van der Waals surface area (Å²) in [7, 11) is 0. The molecule has 0 aliphatic rings. The fourth-order valence-electron chi connectivity index (χ4n) is 0.831. The van der Waals surface area contributed by atoms with Crippen LogP contribution in [0.5, 0.6) is 0 Å². The summed E-state index contributed by atoms with van der Waals surface area (Å²) >= 11 is 11.8. The molecule has 1 rings (SSSR count). The van der Waals surface area contributed by atoms with Crippen molar-refractivity contribution in [2.75, 3.05) is 5.33 Å². The Balaban J connectivity index is 3.28. The van der Waals surface area contributed by atoms with Crippen LogP contribution in [0.3, 0.4) is 0 Å². The van der Waals surface area contributed by atoms with Gasteiger partial charge in [0.25, 0.3) is 0 Å². The average molecular weight is 330 g/mol. The first-order chi connectivity index (χ1) is 6.06. The number of hydrogen-bond acceptors (Lipinski definition) is 1. The Morgan fingerprint density at radius 2 is 2.15 bits per heavy atom. The van der Waals surface area contributed by atoms with Gasteiger partial charge in [0.05, 0.1) is 10.4 Å². The topological polar surface area (TPSA) is 17.1 Å². The lowest BCUT2D eigenvalue weighted by atomic mass is 10.1. The number of halogens is 4. The molecule has 0 aliphatic heterocycles. The summed E-state index contributed by atoms with van der Waals surface area (Å²) in [5, 5.41) is 0.369. The van der Waals surface area contributed by atoms with E-state index in [-0.39, 0.29) is 21.7 Å². The van der Waals surface area contributed by atoms with E-state index in [9.17, 15) is 9.18 Å². The van der Waals surface area contributed by atoms with Crippen LogP contribution in [0.15, 0.2) is 16.6 Å². The Morgan fingerprint density at radius 1 is 1.54 bits per heavy atom. The minimum Gasteiger partial charge on any atom is -0.293 e. The molecule has 0 N–H and O–H groups in total. The number of Topliss-reactive ketones (excluding diaryl/α,β-unsaturated/α-hetero) is 1. The summed E-state index contributed by atoms with van der Waals surface area (Å²) in [6.45, 7) is 0. The van der Waals surface area contributed by atoms with Gasteiger partial charge in [-0.15, -0.1) is 0 Å². The molecule has 0 atom stereocenters. The van der Waals surface area contributed by atoms with Gasteiger partial charge in [0, 0.05) is 10.0 Å². The summed E-state index contributed by atoms with van der Waals surface area (Å²) < 4.78 is 13.2. The summed E-state index contributed by atoms with van der Waals surface area (Å²) in [6, 6.07) is 2.34. The van der Waals surface area contributed by atoms with Gasteiger partial charge in [-0.1, -0.05) is 27.5 Å². The van der Waals surface area contributed by atoms with Crippen LogP contribution in [0.2, 0.25) is 5.02 Å². The van der Waals surface area contributed by atoms with Crippen LogP contribution in [0.1, 0.15) is 10.4 Å². The van der Waals surface area contributed by atoms with Crippen molar-refractivity contribution in [3.63, 3.8) is 0 Å². The largest absolute Gasteiger partial charge is 0.293 e. The van der Waals surface area contributed by atoms with E-state index >= 15 is 0 Å². The van der Waals surface area contributed by atoms with E-state index < -0.39 is 5.82 Å². The van der Waals surface area contributed by atoms with Crippen LogP contribution in [0.25, 0.3) is 0 Å². The van der Waals surface area contributed by atoms with Gasteiger partial charge < -0.3 is 0 Å². The van der Waals surface area contributed by atoms with Crippen LogP contribution >= 0.6 is 43.5 Å². The van der Waals surface area contributed by atoms with Crippen molar-refractivity contribution in [2.24, 2.45) is 0 Å². The van der Waals surface area contributed by atoms with Crippen molar-refractivity contribution < 1.29 is 9.18 Å².